The fourth-order valence-electron chi connectivity index (χ4n) is 8.25. The molecule has 11 aromatic rings. The van der Waals surface area contributed by atoms with Crippen LogP contribution in [0.25, 0.3) is 84.5 Å². The summed E-state index contributed by atoms with van der Waals surface area (Å²) >= 11 is 3.75. The zero-order valence-electron chi connectivity index (χ0n) is 29.8. The maximum Gasteiger partial charge on any atom is 0.0467 e. The van der Waals surface area contributed by atoms with E-state index in [-0.39, 0.29) is 0 Å². The van der Waals surface area contributed by atoms with E-state index in [4.69, 9.17) is 0 Å². The maximum atomic E-state index is 2.42. The van der Waals surface area contributed by atoms with Crippen LogP contribution in [0.4, 0.5) is 17.1 Å². The lowest BCUT2D eigenvalue weighted by Crippen LogP contribution is -2.10. The number of fused-ring (bicyclic) bond motifs is 7. The molecule has 0 N–H and O–H groups in total. The summed E-state index contributed by atoms with van der Waals surface area (Å²) in [6.07, 6.45) is 0. The molecule has 0 aliphatic heterocycles. The molecule has 1 nitrogen and oxygen atoms in total. The van der Waals surface area contributed by atoms with Gasteiger partial charge in [-0.25, -0.2) is 0 Å². The SMILES string of the molecule is c1cc(-c2ccc3c(c2)sc2ccccc23)cc(N(c2cccc(-c3cccc4ccccc34)c2)c2cccc(-c3cccc4c3sc3ccccc34)c2)c1. The summed E-state index contributed by atoms with van der Waals surface area (Å²) in [7, 11) is 0. The van der Waals surface area contributed by atoms with Crippen LogP contribution < -0.4 is 4.90 Å². The Labute approximate surface area is 327 Å². The Morgan fingerprint density at radius 2 is 0.782 bits per heavy atom. The van der Waals surface area contributed by atoms with Gasteiger partial charge in [0.2, 0.25) is 0 Å². The standard InChI is InChI=1S/C52H33NS2/c1-2-20-42-34(12-1)13-10-23-43(42)37-15-8-18-40(31-37)53(39-17-7-14-35(30-39)36-28-29-47-45-21-3-5-26-49(45)54-51(47)33-36)41-19-9-16-38(32-41)44-24-11-25-48-46-22-4-6-27-50(46)55-52(44)48/h1-33H. The second kappa shape index (κ2) is 13.1. The van der Waals surface area contributed by atoms with Crippen LogP contribution in [-0.2, 0) is 0 Å². The highest BCUT2D eigenvalue weighted by atomic mass is 32.1. The van der Waals surface area contributed by atoms with Gasteiger partial charge >= 0.3 is 0 Å². The summed E-state index contributed by atoms with van der Waals surface area (Å²) in [5.41, 5.74) is 10.6. The quantitative estimate of drug-likeness (QED) is 0.164. The first kappa shape index (κ1) is 32.0. The molecule has 55 heavy (non-hydrogen) atoms. The van der Waals surface area contributed by atoms with E-state index in [1.807, 2.05) is 22.7 Å². The van der Waals surface area contributed by atoms with Gasteiger partial charge in [0.15, 0.2) is 0 Å². The maximum absolute atomic E-state index is 2.42. The highest BCUT2D eigenvalue weighted by molar-refractivity contribution is 7.26. The normalized spacial score (nSPS) is 11.6. The third kappa shape index (κ3) is 5.51. The van der Waals surface area contributed by atoms with Gasteiger partial charge in [-0.1, -0.05) is 146 Å². The van der Waals surface area contributed by atoms with E-state index in [1.54, 1.807) is 0 Å². The third-order valence-corrected chi connectivity index (χ3v) is 13.2. The molecule has 0 saturated heterocycles. The first-order valence-corrected chi connectivity index (χ1v) is 20.3. The van der Waals surface area contributed by atoms with Crippen molar-refractivity contribution >= 4 is 90.9 Å². The summed E-state index contributed by atoms with van der Waals surface area (Å²) < 4.78 is 5.28. The molecule has 2 heterocycles. The molecular weight excluding hydrogens is 703 g/mol. The predicted octanol–water partition coefficient (Wildman–Crippen LogP) is 16.0. The number of hydrogen-bond donors (Lipinski definition) is 0. The third-order valence-electron chi connectivity index (χ3n) is 10.8. The van der Waals surface area contributed by atoms with E-state index in [0.29, 0.717) is 0 Å². The Morgan fingerprint density at radius 3 is 1.55 bits per heavy atom. The molecule has 0 spiro atoms. The molecule has 11 rings (SSSR count). The first-order chi connectivity index (χ1) is 27.2. The van der Waals surface area contributed by atoms with Gasteiger partial charge in [-0.2, -0.15) is 0 Å². The van der Waals surface area contributed by atoms with Gasteiger partial charge < -0.3 is 4.90 Å². The molecule has 0 aliphatic carbocycles. The van der Waals surface area contributed by atoms with Crippen LogP contribution in [0, 0.1) is 0 Å². The highest BCUT2D eigenvalue weighted by Gasteiger charge is 2.18. The van der Waals surface area contributed by atoms with Gasteiger partial charge in [0, 0.05) is 57.4 Å². The molecule has 258 valence electrons. The fourth-order valence-corrected chi connectivity index (χ4v) is 10.6. The first-order valence-electron chi connectivity index (χ1n) is 18.7. The molecule has 0 radical (unpaired) electrons. The average Bonchev–Trinajstić information content (AvgIpc) is 3.82. The topological polar surface area (TPSA) is 3.24 Å². The lowest BCUT2D eigenvalue weighted by Gasteiger charge is -2.27. The molecule has 9 aromatic carbocycles. The van der Waals surface area contributed by atoms with Gasteiger partial charge in [0.1, 0.15) is 0 Å². The summed E-state index contributed by atoms with van der Waals surface area (Å²) in [6, 6.07) is 73.5. The van der Waals surface area contributed by atoms with E-state index < -0.39 is 0 Å². The molecule has 3 heteroatoms. The highest BCUT2D eigenvalue weighted by Crippen LogP contribution is 2.44. The number of nitrogens with zero attached hydrogens (tertiary/aromatic N) is 1. The lowest BCUT2D eigenvalue weighted by molar-refractivity contribution is 1.28. The van der Waals surface area contributed by atoms with Gasteiger partial charge in [0.25, 0.3) is 0 Å². The van der Waals surface area contributed by atoms with Crippen molar-refractivity contribution < 1.29 is 0 Å². The van der Waals surface area contributed by atoms with Crippen LogP contribution in [0.1, 0.15) is 0 Å². The van der Waals surface area contributed by atoms with Crippen LogP contribution >= 0.6 is 22.7 Å². The minimum atomic E-state index is 1.11. The van der Waals surface area contributed by atoms with Crippen molar-refractivity contribution in [2.24, 2.45) is 0 Å². The van der Waals surface area contributed by atoms with Crippen molar-refractivity contribution in [2.45, 2.75) is 0 Å². The Kier molecular flexibility index (Phi) is 7.61. The molecule has 0 unspecified atom stereocenters. The minimum absolute atomic E-state index is 1.11. The Balaban J connectivity index is 1.08. The van der Waals surface area contributed by atoms with E-state index in [0.717, 1.165) is 17.1 Å². The number of benzene rings is 9. The van der Waals surface area contributed by atoms with E-state index in [2.05, 4.69) is 205 Å². The molecule has 2 aromatic heterocycles. The smallest absolute Gasteiger partial charge is 0.0467 e. The Morgan fingerprint density at radius 1 is 0.291 bits per heavy atom. The summed E-state index contributed by atoms with van der Waals surface area (Å²) in [6.45, 7) is 0. The molecule has 0 fully saturated rings. The van der Waals surface area contributed by atoms with Gasteiger partial charge in [0.05, 0.1) is 0 Å². The van der Waals surface area contributed by atoms with Crippen molar-refractivity contribution in [1.29, 1.82) is 0 Å². The van der Waals surface area contributed by atoms with Crippen LogP contribution in [0.3, 0.4) is 0 Å². The van der Waals surface area contributed by atoms with E-state index in [9.17, 15) is 0 Å². The second-order valence-corrected chi connectivity index (χ2v) is 16.2. The van der Waals surface area contributed by atoms with Gasteiger partial charge in [-0.15, -0.1) is 22.7 Å². The van der Waals surface area contributed by atoms with E-state index >= 15 is 0 Å². The number of anilines is 3. The minimum Gasteiger partial charge on any atom is -0.310 e. The number of rotatable bonds is 6. The zero-order valence-corrected chi connectivity index (χ0v) is 31.4. The van der Waals surface area contributed by atoms with Crippen molar-refractivity contribution in [3.63, 3.8) is 0 Å². The van der Waals surface area contributed by atoms with E-state index in [1.165, 1.54) is 84.5 Å². The largest absolute Gasteiger partial charge is 0.310 e. The summed E-state index contributed by atoms with van der Waals surface area (Å²) in [5, 5.41) is 7.77. The lowest BCUT2D eigenvalue weighted by atomic mass is 9.97. The second-order valence-electron chi connectivity index (χ2n) is 14.1. The van der Waals surface area contributed by atoms with Crippen LogP contribution in [0.15, 0.2) is 200 Å². The summed E-state index contributed by atoms with van der Waals surface area (Å²) in [4.78, 5) is 2.42. The Bertz CT molecular complexity index is 3230. The predicted molar refractivity (Wildman–Crippen MR) is 241 cm³/mol. The summed E-state index contributed by atoms with van der Waals surface area (Å²) in [5.74, 6) is 0. The molecule has 0 saturated carbocycles. The van der Waals surface area contributed by atoms with Crippen LogP contribution in [-0.4, -0.2) is 0 Å². The van der Waals surface area contributed by atoms with Crippen molar-refractivity contribution in [1.82, 2.24) is 0 Å². The van der Waals surface area contributed by atoms with Gasteiger partial charge in [-0.05, 0) is 98.8 Å². The monoisotopic (exact) mass is 735 g/mol. The molecular formula is C52H33NS2. The molecule has 0 bridgehead atoms. The number of thiophene rings is 2. The molecule has 0 atom stereocenters. The molecule has 0 amide bonds. The Hall–Kier alpha value is -6.52. The van der Waals surface area contributed by atoms with Crippen LogP contribution in [0.2, 0.25) is 0 Å². The zero-order chi connectivity index (χ0) is 36.3. The van der Waals surface area contributed by atoms with Crippen molar-refractivity contribution in [2.75, 3.05) is 4.90 Å². The fraction of sp³-hybridized carbons (Fsp3) is 0. The van der Waals surface area contributed by atoms with Crippen molar-refractivity contribution in [3.05, 3.63) is 200 Å². The number of hydrogen-bond acceptors (Lipinski definition) is 3. The molecule has 0 aliphatic rings. The van der Waals surface area contributed by atoms with Crippen molar-refractivity contribution in [3.8, 4) is 33.4 Å². The van der Waals surface area contributed by atoms with Gasteiger partial charge in [-0.3, -0.25) is 0 Å². The van der Waals surface area contributed by atoms with Crippen LogP contribution in [0.5, 0.6) is 0 Å². The average molecular weight is 736 g/mol.